The molecular formula is C14H20N2O4. The van der Waals surface area contributed by atoms with Gasteiger partial charge in [0.15, 0.2) is 0 Å². The van der Waals surface area contributed by atoms with Crippen molar-refractivity contribution < 1.29 is 14.4 Å². The van der Waals surface area contributed by atoms with Crippen molar-refractivity contribution in [1.29, 1.82) is 0 Å². The van der Waals surface area contributed by atoms with Gasteiger partial charge < -0.3 is 14.8 Å². The van der Waals surface area contributed by atoms with Crippen molar-refractivity contribution in [2.24, 2.45) is 0 Å². The molecule has 1 saturated heterocycles. The van der Waals surface area contributed by atoms with Gasteiger partial charge in [-0.25, -0.2) is 0 Å². The van der Waals surface area contributed by atoms with Gasteiger partial charge in [-0.15, -0.1) is 0 Å². The van der Waals surface area contributed by atoms with Crippen LogP contribution >= 0.6 is 0 Å². The molecule has 0 aliphatic carbocycles. The summed E-state index contributed by atoms with van der Waals surface area (Å²) in [5.41, 5.74) is -0.0344. The van der Waals surface area contributed by atoms with Crippen LogP contribution in [0.3, 0.4) is 0 Å². The van der Waals surface area contributed by atoms with Crippen molar-refractivity contribution >= 4 is 5.69 Å². The van der Waals surface area contributed by atoms with Crippen LogP contribution in [-0.2, 0) is 0 Å². The van der Waals surface area contributed by atoms with E-state index in [0.717, 1.165) is 25.9 Å². The van der Waals surface area contributed by atoms with Gasteiger partial charge in [0.2, 0.25) is 5.75 Å². The number of ether oxygens (including phenoxy) is 2. The third kappa shape index (κ3) is 3.84. The first-order chi connectivity index (χ1) is 9.56. The number of piperidine rings is 1. The number of hydrogen-bond acceptors (Lipinski definition) is 5. The highest BCUT2D eigenvalue weighted by molar-refractivity contribution is 5.50. The third-order valence-electron chi connectivity index (χ3n) is 3.05. The Kier molecular flexibility index (Phi) is 4.79. The Balaban J connectivity index is 2.15. The topological polar surface area (TPSA) is 73.6 Å². The maximum absolute atomic E-state index is 11.0. The molecule has 0 spiro atoms. The molecule has 1 atom stereocenters. The number of rotatable bonds is 5. The maximum atomic E-state index is 11.0. The fourth-order valence-corrected chi connectivity index (χ4v) is 2.18. The van der Waals surface area contributed by atoms with Gasteiger partial charge in [-0.3, -0.25) is 10.1 Å². The lowest BCUT2D eigenvalue weighted by Crippen LogP contribution is -2.37. The van der Waals surface area contributed by atoms with Crippen molar-refractivity contribution in [2.75, 3.05) is 13.1 Å². The minimum absolute atomic E-state index is 0.0344. The number of nitrogens with zero attached hydrogens (tertiary/aromatic N) is 1. The quantitative estimate of drug-likeness (QED) is 0.662. The van der Waals surface area contributed by atoms with Gasteiger partial charge >= 0.3 is 5.69 Å². The Morgan fingerprint density at radius 2 is 2.25 bits per heavy atom. The molecule has 1 aliphatic heterocycles. The predicted octanol–water partition coefficient (Wildman–Crippen LogP) is 2.51. The average Bonchev–Trinajstić information content (AvgIpc) is 2.39. The number of nitrogens with one attached hydrogen (secondary N) is 1. The van der Waals surface area contributed by atoms with E-state index >= 15 is 0 Å². The van der Waals surface area contributed by atoms with Crippen molar-refractivity contribution in [3.8, 4) is 11.5 Å². The lowest BCUT2D eigenvalue weighted by molar-refractivity contribution is -0.386. The Bertz CT molecular complexity index is 470. The average molecular weight is 280 g/mol. The van der Waals surface area contributed by atoms with Crippen LogP contribution in [0.15, 0.2) is 18.2 Å². The third-order valence-corrected chi connectivity index (χ3v) is 3.05. The van der Waals surface area contributed by atoms with E-state index in [2.05, 4.69) is 5.32 Å². The summed E-state index contributed by atoms with van der Waals surface area (Å²) < 4.78 is 11.3. The van der Waals surface area contributed by atoms with Crippen molar-refractivity contribution in [3.05, 3.63) is 28.3 Å². The van der Waals surface area contributed by atoms with E-state index in [0.29, 0.717) is 5.75 Å². The Hall–Kier alpha value is -1.82. The van der Waals surface area contributed by atoms with Crippen LogP contribution in [0.25, 0.3) is 0 Å². The first-order valence-corrected chi connectivity index (χ1v) is 6.88. The highest BCUT2D eigenvalue weighted by Crippen LogP contribution is 2.32. The molecule has 1 aromatic carbocycles. The number of nitro benzene ring substituents is 1. The summed E-state index contributed by atoms with van der Waals surface area (Å²) in [6, 6.07) is 4.66. The molecule has 1 aliphatic rings. The molecule has 2 rings (SSSR count). The van der Waals surface area contributed by atoms with Crippen LogP contribution in [0.2, 0.25) is 0 Å². The summed E-state index contributed by atoms with van der Waals surface area (Å²) in [5.74, 6) is 0.867. The second kappa shape index (κ2) is 6.56. The summed E-state index contributed by atoms with van der Waals surface area (Å²) in [6.45, 7) is 5.49. The molecule has 0 amide bonds. The lowest BCUT2D eigenvalue weighted by Gasteiger charge is -2.24. The molecule has 6 heteroatoms. The van der Waals surface area contributed by atoms with E-state index in [9.17, 15) is 10.1 Å². The van der Waals surface area contributed by atoms with E-state index in [4.69, 9.17) is 9.47 Å². The zero-order valence-corrected chi connectivity index (χ0v) is 11.8. The Morgan fingerprint density at radius 3 is 2.85 bits per heavy atom. The molecule has 1 N–H and O–H groups in total. The maximum Gasteiger partial charge on any atom is 0.311 e. The molecule has 20 heavy (non-hydrogen) atoms. The second-order valence-electron chi connectivity index (χ2n) is 5.14. The SMILES string of the molecule is CC(C)Oc1cc(OC2CCCNC2)ccc1[N+](=O)[O-]. The Labute approximate surface area is 118 Å². The summed E-state index contributed by atoms with van der Waals surface area (Å²) in [6.07, 6.45) is 2.05. The van der Waals surface area contributed by atoms with Gasteiger partial charge in [0.25, 0.3) is 0 Å². The minimum atomic E-state index is -0.441. The smallest absolute Gasteiger partial charge is 0.311 e. The van der Waals surface area contributed by atoms with Gasteiger partial charge in [-0.1, -0.05) is 0 Å². The van der Waals surface area contributed by atoms with E-state index in [1.54, 1.807) is 12.1 Å². The van der Waals surface area contributed by atoms with Crippen LogP contribution in [0.1, 0.15) is 26.7 Å². The highest BCUT2D eigenvalue weighted by Gasteiger charge is 2.19. The lowest BCUT2D eigenvalue weighted by atomic mass is 10.1. The molecule has 110 valence electrons. The zero-order chi connectivity index (χ0) is 14.5. The predicted molar refractivity (Wildman–Crippen MR) is 75.4 cm³/mol. The molecule has 1 heterocycles. The number of hydrogen-bond donors (Lipinski definition) is 1. The Morgan fingerprint density at radius 1 is 1.45 bits per heavy atom. The fraction of sp³-hybridized carbons (Fsp3) is 0.571. The van der Waals surface area contributed by atoms with Gasteiger partial charge in [-0.2, -0.15) is 0 Å². The molecular weight excluding hydrogens is 260 g/mol. The molecule has 1 aromatic rings. The zero-order valence-electron chi connectivity index (χ0n) is 11.8. The standard InChI is InChI=1S/C14H20N2O4/c1-10(2)19-14-8-11(5-6-13(14)16(17)18)20-12-4-3-7-15-9-12/h5-6,8,10,12,15H,3-4,7,9H2,1-2H3. The molecule has 1 unspecified atom stereocenters. The normalized spacial score (nSPS) is 18.9. The molecule has 6 nitrogen and oxygen atoms in total. The summed E-state index contributed by atoms with van der Waals surface area (Å²) in [4.78, 5) is 10.5. The van der Waals surface area contributed by atoms with Crippen LogP contribution in [0.4, 0.5) is 5.69 Å². The van der Waals surface area contributed by atoms with Gasteiger partial charge in [-0.05, 0) is 39.3 Å². The van der Waals surface area contributed by atoms with Crippen LogP contribution in [0.5, 0.6) is 11.5 Å². The van der Waals surface area contributed by atoms with Gasteiger partial charge in [0.05, 0.1) is 11.0 Å². The first-order valence-electron chi connectivity index (χ1n) is 6.88. The van der Waals surface area contributed by atoms with Crippen molar-refractivity contribution in [2.45, 2.75) is 38.9 Å². The summed E-state index contributed by atoms with van der Waals surface area (Å²) in [7, 11) is 0. The molecule has 0 bridgehead atoms. The van der Waals surface area contributed by atoms with Crippen LogP contribution in [-0.4, -0.2) is 30.2 Å². The summed E-state index contributed by atoms with van der Waals surface area (Å²) in [5, 5.41) is 14.2. The largest absolute Gasteiger partial charge is 0.489 e. The van der Waals surface area contributed by atoms with Gasteiger partial charge in [0, 0.05) is 18.7 Å². The van der Waals surface area contributed by atoms with E-state index < -0.39 is 4.92 Å². The van der Waals surface area contributed by atoms with Crippen molar-refractivity contribution in [3.63, 3.8) is 0 Å². The number of nitro groups is 1. The second-order valence-corrected chi connectivity index (χ2v) is 5.14. The van der Waals surface area contributed by atoms with Crippen LogP contribution < -0.4 is 14.8 Å². The fourth-order valence-electron chi connectivity index (χ4n) is 2.18. The molecule has 0 radical (unpaired) electrons. The summed E-state index contributed by atoms with van der Waals surface area (Å²) >= 11 is 0. The monoisotopic (exact) mass is 280 g/mol. The van der Waals surface area contributed by atoms with E-state index in [1.807, 2.05) is 13.8 Å². The molecule has 0 aromatic heterocycles. The first kappa shape index (κ1) is 14.6. The minimum Gasteiger partial charge on any atom is -0.489 e. The van der Waals surface area contributed by atoms with Crippen molar-refractivity contribution in [1.82, 2.24) is 5.32 Å². The highest BCUT2D eigenvalue weighted by atomic mass is 16.6. The van der Waals surface area contributed by atoms with Gasteiger partial charge in [0.1, 0.15) is 11.9 Å². The van der Waals surface area contributed by atoms with Crippen LogP contribution in [0, 0.1) is 10.1 Å². The van der Waals surface area contributed by atoms with E-state index in [1.165, 1.54) is 6.07 Å². The molecule has 1 fully saturated rings. The number of benzene rings is 1. The molecule has 0 saturated carbocycles. The van der Waals surface area contributed by atoms with E-state index in [-0.39, 0.29) is 23.6 Å².